The van der Waals surface area contributed by atoms with Crippen molar-refractivity contribution in [3.63, 3.8) is 0 Å². The molecule has 35 heavy (non-hydrogen) atoms. The Hall–Kier alpha value is -3.54. The number of halogens is 2. The van der Waals surface area contributed by atoms with Crippen LogP contribution in [0.2, 0.25) is 10.0 Å². The highest BCUT2D eigenvalue weighted by molar-refractivity contribution is 6.35. The van der Waals surface area contributed by atoms with Gasteiger partial charge in [-0.2, -0.15) is 0 Å². The first kappa shape index (κ1) is 23.2. The average Bonchev–Trinajstić information content (AvgIpc) is 3.40. The minimum Gasteiger partial charge on any atom is -0.456 e. The van der Waals surface area contributed by atoms with Gasteiger partial charge in [-0.25, -0.2) is 0 Å². The lowest BCUT2D eigenvalue weighted by Crippen LogP contribution is -2.30. The zero-order chi connectivity index (χ0) is 24.5. The highest BCUT2D eigenvalue weighted by atomic mass is 35.5. The molecular weight excluding hydrogens is 483 g/mol. The molecule has 1 amide bonds. The molecule has 2 aromatic heterocycles. The molecule has 5 rings (SSSR count). The van der Waals surface area contributed by atoms with E-state index in [0.717, 1.165) is 38.9 Å². The number of fused-ring (bicyclic) bond motifs is 1. The highest BCUT2D eigenvalue weighted by Gasteiger charge is 2.21. The summed E-state index contributed by atoms with van der Waals surface area (Å²) in [6, 6.07) is 22.3. The molecule has 0 spiro atoms. The molecule has 0 aliphatic carbocycles. The molecule has 0 saturated heterocycles. The predicted molar refractivity (Wildman–Crippen MR) is 138 cm³/mol. The molecule has 1 unspecified atom stereocenters. The third kappa shape index (κ3) is 4.83. The first-order valence-electron chi connectivity index (χ1n) is 11.1. The summed E-state index contributed by atoms with van der Waals surface area (Å²) >= 11 is 12.6. The van der Waals surface area contributed by atoms with Crippen molar-refractivity contribution in [1.29, 1.82) is 0 Å². The Bertz CT molecular complexity index is 1500. The van der Waals surface area contributed by atoms with Gasteiger partial charge in [-0.3, -0.25) is 4.79 Å². The maximum absolute atomic E-state index is 13.1. The first-order chi connectivity index (χ1) is 16.9. The summed E-state index contributed by atoms with van der Waals surface area (Å²) in [5.74, 6) is 1.27. The van der Waals surface area contributed by atoms with Gasteiger partial charge >= 0.3 is 0 Å². The van der Waals surface area contributed by atoms with Crippen molar-refractivity contribution >= 4 is 40.1 Å². The third-order valence-electron chi connectivity index (χ3n) is 5.94. The summed E-state index contributed by atoms with van der Waals surface area (Å²) in [4.78, 5) is 13.1. The monoisotopic (exact) mass is 504 g/mol. The van der Waals surface area contributed by atoms with Crippen molar-refractivity contribution in [3.8, 4) is 11.3 Å². The molecule has 0 radical (unpaired) electrons. The smallest absolute Gasteiger partial charge is 0.225 e. The lowest BCUT2D eigenvalue weighted by molar-refractivity contribution is -0.120. The Labute approximate surface area is 212 Å². The van der Waals surface area contributed by atoms with Gasteiger partial charge in [0.1, 0.15) is 17.1 Å². The van der Waals surface area contributed by atoms with Crippen LogP contribution in [0.3, 0.4) is 0 Å². The Morgan fingerprint density at radius 3 is 2.51 bits per heavy atom. The van der Waals surface area contributed by atoms with Crippen LogP contribution in [0, 0.1) is 13.8 Å². The number of carbonyl (C=O) groups is 1. The number of benzene rings is 3. The Kier molecular flexibility index (Phi) is 6.37. The van der Waals surface area contributed by atoms with Crippen LogP contribution in [0.15, 0.2) is 81.7 Å². The molecule has 1 atom stereocenters. The summed E-state index contributed by atoms with van der Waals surface area (Å²) in [5, 5.41) is 9.09. The summed E-state index contributed by atoms with van der Waals surface area (Å²) < 4.78 is 11.3. The summed E-state index contributed by atoms with van der Waals surface area (Å²) in [5.41, 5.74) is 4.94. The predicted octanol–water partition coefficient (Wildman–Crippen LogP) is 7.46. The van der Waals surface area contributed by atoms with Crippen LogP contribution >= 0.6 is 23.2 Å². The maximum atomic E-state index is 13.1. The maximum Gasteiger partial charge on any atom is 0.225 e. The number of amides is 1. The van der Waals surface area contributed by atoms with E-state index in [1.807, 2.05) is 74.5 Å². The van der Waals surface area contributed by atoms with E-state index in [4.69, 9.17) is 32.1 Å². The van der Waals surface area contributed by atoms with Crippen molar-refractivity contribution < 1.29 is 13.7 Å². The van der Waals surface area contributed by atoms with E-state index in [-0.39, 0.29) is 12.3 Å². The number of carbonyl (C=O) groups excluding carboxylic acids is 1. The number of nitrogens with zero attached hydrogens (tertiary/aromatic N) is 1. The molecule has 0 aliphatic rings. The number of nitrogens with one attached hydrogen (secondary N) is 1. The van der Waals surface area contributed by atoms with Gasteiger partial charge in [-0.05, 0) is 60.9 Å². The summed E-state index contributed by atoms with van der Waals surface area (Å²) in [6.45, 7) is 3.74. The molecule has 0 fully saturated rings. The van der Waals surface area contributed by atoms with Crippen molar-refractivity contribution in [3.05, 3.63) is 111 Å². The summed E-state index contributed by atoms with van der Waals surface area (Å²) in [7, 11) is 0. The van der Waals surface area contributed by atoms with Crippen LogP contribution < -0.4 is 5.32 Å². The molecule has 0 saturated carbocycles. The number of aryl methyl sites for hydroxylation is 2. The van der Waals surface area contributed by atoms with E-state index < -0.39 is 6.04 Å². The van der Waals surface area contributed by atoms with Crippen LogP contribution in [-0.2, 0) is 11.2 Å². The average molecular weight is 505 g/mol. The van der Waals surface area contributed by atoms with Crippen LogP contribution in [0.5, 0.6) is 0 Å². The molecule has 0 aliphatic heterocycles. The summed E-state index contributed by atoms with van der Waals surface area (Å²) in [6.07, 6.45) is 0.205. The highest BCUT2D eigenvalue weighted by Crippen LogP contribution is 2.33. The fourth-order valence-corrected chi connectivity index (χ4v) is 4.80. The largest absolute Gasteiger partial charge is 0.456 e. The number of aromatic nitrogens is 1. The Morgan fingerprint density at radius 2 is 1.80 bits per heavy atom. The lowest BCUT2D eigenvalue weighted by atomic mass is 9.98. The normalized spacial score (nSPS) is 12.1. The zero-order valence-corrected chi connectivity index (χ0v) is 20.7. The van der Waals surface area contributed by atoms with Gasteiger partial charge in [0.15, 0.2) is 0 Å². The second kappa shape index (κ2) is 9.61. The molecule has 7 heteroatoms. The van der Waals surface area contributed by atoms with Crippen molar-refractivity contribution in [2.45, 2.75) is 26.3 Å². The standard InChI is InChI=1S/C28H22Cl2N2O3/c1-16-27(17(2)35-32-16)25-14-20-12-18(8-11-24(20)34-25)13-26(33)31-28(19-6-4-3-5-7-19)22-10-9-21(29)15-23(22)30/h3-12,14-15,28H,13H2,1-2H3,(H,31,33). The van der Waals surface area contributed by atoms with Gasteiger partial charge in [0.2, 0.25) is 5.91 Å². The van der Waals surface area contributed by atoms with E-state index in [2.05, 4.69) is 10.5 Å². The van der Waals surface area contributed by atoms with Gasteiger partial charge in [-0.1, -0.05) is 70.8 Å². The molecule has 5 aromatic rings. The first-order valence-corrected chi connectivity index (χ1v) is 11.9. The lowest BCUT2D eigenvalue weighted by Gasteiger charge is -2.21. The van der Waals surface area contributed by atoms with Gasteiger partial charge < -0.3 is 14.3 Å². The third-order valence-corrected chi connectivity index (χ3v) is 6.50. The SMILES string of the molecule is Cc1noc(C)c1-c1cc2cc(CC(=O)NC(c3ccccc3)c3ccc(Cl)cc3Cl)ccc2o1. The molecular formula is C28H22Cl2N2O3. The van der Waals surface area contributed by atoms with Gasteiger partial charge in [0.25, 0.3) is 0 Å². The molecule has 3 aromatic carbocycles. The Morgan fingerprint density at radius 1 is 1.00 bits per heavy atom. The van der Waals surface area contributed by atoms with Gasteiger partial charge in [0, 0.05) is 15.4 Å². The van der Waals surface area contributed by atoms with Crippen molar-refractivity contribution in [2.24, 2.45) is 0 Å². The number of furan rings is 1. The van der Waals surface area contributed by atoms with Crippen molar-refractivity contribution in [2.75, 3.05) is 0 Å². The van der Waals surface area contributed by atoms with E-state index >= 15 is 0 Å². The molecule has 176 valence electrons. The van der Waals surface area contributed by atoms with E-state index in [1.165, 1.54) is 0 Å². The molecule has 2 heterocycles. The fourth-order valence-electron chi connectivity index (χ4n) is 4.28. The van der Waals surface area contributed by atoms with Crippen molar-refractivity contribution in [1.82, 2.24) is 10.5 Å². The number of rotatable bonds is 6. The van der Waals surface area contributed by atoms with Gasteiger partial charge in [0.05, 0.1) is 23.7 Å². The second-order valence-corrected chi connectivity index (χ2v) is 9.28. The minimum atomic E-state index is -0.405. The van der Waals surface area contributed by atoms with E-state index in [1.54, 1.807) is 12.1 Å². The van der Waals surface area contributed by atoms with Crippen LogP contribution in [0.25, 0.3) is 22.3 Å². The minimum absolute atomic E-state index is 0.126. The molecule has 5 nitrogen and oxygen atoms in total. The molecule has 0 bridgehead atoms. The van der Waals surface area contributed by atoms with Gasteiger partial charge in [-0.15, -0.1) is 0 Å². The van der Waals surface area contributed by atoms with Crippen LogP contribution in [-0.4, -0.2) is 11.1 Å². The fraction of sp³-hybridized carbons (Fsp3) is 0.143. The Balaban J connectivity index is 1.40. The quantitative estimate of drug-likeness (QED) is 0.260. The number of hydrogen-bond acceptors (Lipinski definition) is 4. The second-order valence-electron chi connectivity index (χ2n) is 8.44. The van der Waals surface area contributed by atoms with Crippen LogP contribution in [0.1, 0.15) is 34.2 Å². The van der Waals surface area contributed by atoms with E-state index in [9.17, 15) is 4.79 Å². The molecule has 1 N–H and O–H groups in total. The zero-order valence-electron chi connectivity index (χ0n) is 19.1. The topological polar surface area (TPSA) is 68.3 Å². The van der Waals surface area contributed by atoms with E-state index in [0.29, 0.717) is 21.6 Å². The van der Waals surface area contributed by atoms with Crippen LogP contribution in [0.4, 0.5) is 0 Å². The number of hydrogen-bond donors (Lipinski definition) is 1.